The molecule has 1 atom stereocenters. The molecule has 3 rings (SSSR count). The molecule has 0 fully saturated rings. The standard InChI is InChI=1S/C14H15N5O3S/c20-14(8-11-6-7-23(21,22)10-11)15-9-13-16-17-18-19(13)12-4-2-1-3-5-12/h1-7,11H,8-10H2,(H,15,20). The molecule has 1 aromatic heterocycles. The van der Waals surface area contributed by atoms with E-state index in [0.717, 1.165) is 5.69 Å². The Hall–Kier alpha value is -2.55. The summed E-state index contributed by atoms with van der Waals surface area (Å²) in [6, 6.07) is 9.34. The number of tetrazole rings is 1. The molecule has 1 N–H and O–H groups in total. The van der Waals surface area contributed by atoms with Gasteiger partial charge in [-0.15, -0.1) is 5.10 Å². The van der Waals surface area contributed by atoms with Crippen molar-refractivity contribution >= 4 is 15.7 Å². The second kappa shape index (κ2) is 6.29. The summed E-state index contributed by atoms with van der Waals surface area (Å²) >= 11 is 0. The SMILES string of the molecule is O=C(CC1C=CS(=O)(=O)C1)NCc1nnnn1-c1ccccc1. The molecule has 1 amide bonds. The van der Waals surface area contributed by atoms with Crippen molar-refractivity contribution in [2.24, 2.45) is 5.92 Å². The first-order valence-corrected chi connectivity index (χ1v) is 8.75. The smallest absolute Gasteiger partial charge is 0.220 e. The van der Waals surface area contributed by atoms with Gasteiger partial charge in [-0.2, -0.15) is 4.68 Å². The lowest BCUT2D eigenvalue weighted by Gasteiger charge is -2.08. The second-order valence-corrected chi connectivity index (χ2v) is 7.17. The molecule has 0 saturated carbocycles. The zero-order valence-corrected chi connectivity index (χ0v) is 13.0. The summed E-state index contributed by atoms with van der Waals surface area (Å²) in [5.74, 6) is -0.0223. The monoisotopic (exact) mass is 333 g/mol. The Balaban J connectivity index is 1.58. The highest BCUT2D eigenvalue weighted by molar-refractivity contribution is 7.94. The van der Waals surface area contributed by atoms with Crippen molar-refractivity contribution in [3.8, 4) is 5.69 Å². The molecular formula is C14H15N5O3S. The lowest BCUT2D eigenvalue weighted by atomic mass is 10.1. The Bertz CT molecular complexity index is 829. The maximum absolute atomic E-state index is 11.9. The highest BCUT2D eigenvalue weighted by Gasteiger charge is 2.23. The van der Waals surface area contributed by atoms with Crippen LogP contribution in [0.25, 0.3) is 5.69 Å². The van der Waals surface area contributed by atoms with Crippen LogP contribution in [0.1, 0.15) is 12.2 Å². The number of hydrogen-bond acceptors (Lipinski definition) is 6. The van der Waals surface area contributed by atoms with Gasteiger partial charge in [-0.05, 0) is 22.6 Å². The number of hydrogen-bond donors (Lipinski definition) is 1. The zero-order valence-electron chi connectivity index (χ0n) is 12.2. The van der Waals surface area contributed by atoms with E-state index in [1.165, 1.54) is 5.41 Å². The highest BCUT2D eigenvalue weighted by atomic mass is 32.2. The van der Waals surface area contributed by atoms with Crippen LogP contribution < -0.4 is 5.32 Å². The number of benzene rings is 1. The third-order valence-electron chi connectivity index (χ3n) is 3.43. The molecule has 2 heterocycles. The third kappa shape index (κ3) is 3.81. The molecule has 8 nitrogen and oxygen atoms in total. The zero-order chi connectivity index (χ0) is 16.3. The van der Waals surface area contributed by atoms with Crippen molar-refractivity contribution in [3.05, 3.63) is 47.6 Å². The van der Waals surface area contributed by atoms with Crippen molar-refractivity contribution in [2.75, 3.05) is 5.75 Å². The number of carbonyl (C=O) groups is 1. The number of carbonyl (C=O) groups excluding carboxylic acids is 1. The van der Waals surface area contributed by atoms with Gasteiger partial charge in [0.05, 0.1) is 18.0 Å². The predicted octanol–water partition coefficient (Wildman–Crippen LogP) is 0.227. The molecule has 1 unspecified atom stereocenters. The van der Waals surface area contributed by atoms with Crippen LogP contribution in [0.3, 0.4) is 0 Å². The van der Waals surface area contributed by atoms with E-state index in [-0.39, 0.29) is 30.5 Å². The van der Waals surface area contributed by atoms with E-state index in [2.05, 4.69) is 20.8 Å². The van der Waals surface area contributed by atoms with Gasteiger partial charge in [-0.3, -0.25) is 4.79 Å². The van der Waals surface area contributed by atoms with E-state index in [1.54, 1.807) is 10.8 Å². The van der Waals surface area contributed by atoms with Crippen molar-refractivity contribution in [1.82, 2.24) is 25.5 Å². The Morgan fingerprint density at radius 2 is 2.09 bits per heavy atom. The molecule has 0 aliphatic carbocycles. The molecule has 1 aliphatic heterocycles. The van der Waals surface area contributed by atoms with Crippen LogP contribution >= 0.6 is 0 Å². The lowest BCUT2D eigenvalue weighted by Crippen LogP contribution is -2.27. The van der Waals surface area contributed by atoms with Crippen LogP contribution in [0.5, 0.6) is 0 Å². The van der Waals surface area contributed by atoms with Gasteiger partial charge >= 0.3 is 0 Å². The summed E-state index contributed by atoms with van der Waals surface area (Å²) in [5, 5.41) is 15.3. The van der Waals surface area contributed by atoms with Crippen molar-refractivity contribution in [2.45, 2.75) is 13.0 Å². The number of allylic oxidation sites excluding steroid dienone is 1. The summed E-state index contributed by atoms with van der Waals surface area (Å²) in [6.45, 7) is 0.171. The molecule has 0 spiro atoms. The Morgan fingerprint density at radius 3 is 2.78 bits per heavy atom. The number of nitrogens with zero attached hydrogens (tertiary/aromatic N) is 4. The fourth-order valence-corrected chi connectivity index (χ4v) is 3.74. The number of amides is 1. The van der Waals surface area contributed by atoms with Gasteiger partial charge in [0.2, 0.25) is 5.91 Å². The number of aromatic nitrogens is 4. The minimum Gasteiger partial charge on any atom is -0.349 e. The summed E-state index contributed by atoms with van der Waals surface area (Å²) in [7, 11) is -3.14. The van der Waals surface area contributed by atoms with E-state index in [9.17, 15) is 13.2 Å². The van der Waals surface area contributed by atoms with Gasteiger partial charge in [0.1, 0.15) is 0 Å². The predicted molar refractivity (Wildman–Crippen MR) is 82.0 cm³/mol. The number of para-hydroxylation sites is 1. The molecule has 9 heteroatoms. The molecular weight excluding hydrogens is 318 g/mol. The maximum Gasteiger partial charge on any atom is 0.220 e. The Morgan fingerprint density at radius 1 is 1.30 bits per heavy atom. The first-order valence-electron chi connectivity index (χ1n) is 7.04. The molecule has 0 bridgehead atoms. The topological polar surface area (TPSA) is 107 Å². The van der Waals surface area contributed by atoms with E-state index in [1.807, 2.05) is 30.3 Å². The van der Waals surface area contributed by atoms with Gasteiger partial charge in [0, 0.05) is 17.7 Å². The molecule has 2 aromatic rings. The van der Waals surface area contributed by atoms with Gasteiger partial charge in [-0.25, -0.2) is 8.42 Å². The van der Waals surface area contributed by atoms with Gasteiger partial charge < -0.3 is 5.32 Å². The number of nitrogens with one attached hydrogen (secondary N) is 1. The summed E-state index contributed by atoms with van der Waals surface area (Å²) in [4.78, 5) is 11.9. The Labute approximate surface area is 133 Å². The largest absolute Gasteiger partial charge is 0.349 e. The third-order valence-corrected chi connectivity index (χ3v) is 4.90. The molecule has 1 aromatic carbocycles. The van der Waals surface area contributed by atoms with E-state index in [0.29, 0.717) is 5.82 Å². The lowest BCUT2D eigenvalue weighted by molar-refractivity contribution is -0.121. The van der Waals surface area contributed by atoms with Crippen molar-refractivity contribution in [1.29, 1.82) is 0 Å². The second-order valence-electron chi connectivity index (χ2n) is 5.24. The summed E-state index contributed by atoms with van der Waals surface area (Å²) in [5.41, 5.74) is 0.798. The minimum atomic E-state index is -3.14. The van der Waals surface area contributed by atoms with Crippen LogP contribution in [-0.4, -0.2) is 40.3 Å². The van der Waals surface area contributed by atoms with Gasteiger partial charge in [0.25, 0.3) is 0 Å². The molecule has 0 saturated heterocycles. The molecule has 1 aliphatic rings. The van der Waals surface area contributed by atoms with Crippen LogP contribution in [0.15, 0.2) is 41.8 Å². The minimum absolute atomic E-state index is 0.0117. The average Bonchev–Trinajstić information content (AvgIpc) is 3.12. The normalized spacial score (nSPS) is 18.9. The quantitative estimate of drug-likeness (QED) is 0.839. The van der Waals surface area contributed by atoms with Crippen molar-refractivity contribution < 1.29 is 13.2 Å². The number of sulfone groups is 1. The van der Waals surface area contributed by atoms with Crippen LogP contribution in [-0.2, 0) is 21.2 Å². The van der Waals surface area contributed by atoms with E-state index < -0.39 is 9.84 Å². The fourth-order valence-electron chi connectivity index (χ4n) is 2.34. The maximum atomic E-state index is 11.9. The Kier molecular flexibility index (Phi) is 4.20. The van der Waals surface area contributed by atoms with Crippen LogP contribution in [0, 0.1) is 5.92 Å². The first kappa shape index (κ1) is 15.3. The highest BCUT2D eigenvalue weighted by Crippen LogP contribution is 2.18. The first-order chi connectivity index (χ1) is 11.0. The average molecular weight is 333 g/mol. The van der Waals surface area contributed by atoms with Gasteiger partial charge in [0.15, 0.2) is 15.7 Å². The number of rotatable bonds is 5. The van der Waals surface area contributed by atoms with E-state index in [4.69, 9.17) is 0 Å². The van der Waals surface area contributed by atoms with Crippen molar-refractivity contribution in [3.63, 3.8) is 0 Å². The van der Waals surface area contributed by atoms with E-state index >= 15 is 0 Å². The summed E-state index contributed by atoms with van der Waals surface area (Å²) in [6.07, 6.45) is 1.69. The van der Waals surface area contributed by atoms with Crippen LogP contribution in [0.4, 0.5) is 0 Å². The summed E-state index contributed by atoms with van der Waals surface area (Å²) < 4.78 is 24.2. The fraction of sp³-hybridized carbons (Fsp3) is 0.286. The molecule has 0 radical (unpaired) electrons. The molecule has 120 valence electrons. The van der Waals surface area contributed by atoms with Crippen LogP contribution in [0.2, 0.25) is 0 Å². The van der Waals surface area contributed by atoms with Gasteiger partial charge in [-0.1, -0.05) is 24.3 Å². The molecule has 23 heavy (non-hydrogen) atoms.